The number of benzene rings is 1. The Morgan fingerprint density at radius 3 is 2.70 bits per heavy atom. The highest BCUT2D eigenvalue weighted by molar-refractivity contribution is 5.84. The first-order valence-corrected chi connectivity index (χ1v) is 7.11. The van der Waals surface area contributed by atoms with E-state index in [0.717, 1.165) is 17.0 Å². The monoisotopic (exact) mass is 313 g/mol. The van der Waals surface area contributed by atoms with Gasteiger partial charge in [0.15, 0.2) is 0 Å². The van der Waals surface area contributed by atoms with Crippen LogP contribution in [-0.4, -0.2) is 32.7 Å². The molecule has 0 radical (unpaired) electrons. The molecule has 0 atom stereocenters. The fraction of sp³-hybridized carbons (Fsp3) is 0.188. The van der Waals surface area contributed by atoms with E-state index in [0.29, 0.717) is 18.9 Å². The lowest BCUT2D eigenvalue weighted by molar-refractivity contribution is 0.0660. The van der Waals surface area contributed by atoms with Gasteiger partial charge in [-0.2, -0.15) is 0 Å². The van der Waals surface area contributed by atoms with Crippen molar-refractivity contribution < 1.29 is 19.1 Å². The van der Waals surface area contributed by atoms with E-state index in [4.69, 9.17) is 14.3 Å². The van der Waals surface area contributed by atoms with Crippen LogP contribution < -0.4 is 4.74 Å². The molecule has 0 aliphatic carbocycles. The number of ether oxygens (including phenoxy) is 1. The van der Waals surface area contributed by atoms with Crippen LogP contribution in [0.1, 0.15) is 23.2 Å². The molecule has 0 amide bonds. The van der Waals surface area contributed by atoms with E-state index in [2.05, 4.69) is 10.3 Å². The molecule has 0 spiro atoms. The number of hydrogen-bond acceptors (Lipinski definition) is 5. The van der Waals surface area contributed by atoms with Crippen molar-refractivity contribution in [3.63, 3.8) is 0 Å². The van der Waals surface area contributed by atoms with Gasteiger partial charge in [0.05, 0.1) is 18.5 Å². The second-order valence-corrected chi connectivity index (χ2v) is 4.81. The van der Waals surface area contributed by atoms with E-state index < -0.39 is 5.97 Å². The van der Waals surface area contributed by atoms with Gasteiger partial charge in [-0.15, -0.1) is 5.10 Å². The molecule has 2 heterocycles. The Bertz CT molecular complexity index is 805. The van der Waals surface area contributed by atoms with Crippen LogP contribution >= 0.6 is 0 Å². The van der Waals surface area contributed by atoms with Gasteiger partial charge < -0.3 is 14.3 Å². The topological polar surface area (TPSA) is 90.4 Å². The summed E-state index contributed by atoms with van der Waals surface area (Å²) in [5, 5.41) is 16.8. The van der Waals surface area contributed by atoms with Crippen LogP contribution in [0.3, 0.4) is 0 Å². The van der Waals surface area contributed by atoms with Gasteiger partial charge >= 0.3 is 5.97 Å². The van der Waals surface area contributed by atoms with Crippen LogP contribution in [0, 0.1) is 0 Å². The molecule has 1 aromatic carbocycles. The highest BCUT2D eigenvalue weighted by atomic mass is 16.5. The van der Waals surface area contributed by atoms with Crippen molar-refractivity contribution in [1.82, 2.24) is 15.0 Å². The summed E-state index contributed by atoms with van der Waals surface area (Å²) in [5.74, 6) is 0.108. The minimum absolute atomic E-state index is 0.0947. The zero-order valence-electron chi connectivity index (χ0n) is 12.5. The van der Waals surface area contributed by atoms with Crippen LogP contribution in [0.2, 0.25) is 0 Å². The van der Waals surface area contributed by atoms with Crippen LogP contribution in [0.25, 0.3) is 11.3 Å². The van der Waals surface area contributed by atoms with Gasteiger partial charge in [0.25, 0.3) is 0 Å². The molecular formula is C16H15N3O4. The van der Waals surface area contributed by atoms with Crippen molar-refractivity contribution in [2.24, 2.45) is 0 Å². The van der Waals surface area contributed by atoms with Gasteiger partial charge in [0.2, 0.25) is 5.76 Å². The van der Waals surface area contributed by atoms with Gasteiger partial charge in [-0.1, -0.05) is 5.21 Å². The van der Waals surface area contributed by atoms with Crippen LogP contribution in [0.15, 0.2) is 47.0 Å². The third kappa shape index (κ3) is 3.23. The minimum atomic E-state index is -1.10. The van der Waals surface area contributed by atoms with Crippen molar-refractivity contribution in [3.8, 4) is 17.0 Å². The number of furan rings is 1. The van der Waals surface area contributed by atoms with Crippen LogP contribution in [0.5, 0.6) is 5.75 Å². The van der Waals surface area contributed by atoms with Crippen LogP contribution in [0.4, 0.5) is 0 Å². The summed E-state index contributed by atoms with van der Waals surface area (Å²) in [5.41, 5.74) is 1.74. The summed E-state index contributed by atoms with van der Waals surface area (Å²) in [6, 6.07) is 10.6. The molecule has 0 aliphatic rings. The summed E-state index contributed by atoms with van der Waals surface area (Å²) in [4.78, 5) is 10.8. The molecule has 0 saturated heterocycles. The first-order chi connectivity index (χ1) is 11.2. The maximum atomic E-state index is 10.8. The Labute approximate surface area is 132 Å². The molecule has 0 fully saturated rings. The molecule has 3 rings (SSSR count). The summed E-state index contributed by atoms with van der Waals surface area (Å²) >= 11 is 0. The van der Waals surface area contributed by atoms with Gasteiger partial charge in [0, 0.05) is 5.56 Å². The summed E-state index contributed by atoms with van der Waals surface area (Å²) in [6.45, 7) is 2.85. The number of carboxylic acids is 1. The Balaban J connectivity index is 1.82. The average Bonchev–Trinajstić information content (AvgIpc) is 3.18. The molecule has 0 unspecified atom stereocenters. The molecule has 0 aliphatic heterocycles. The number of carbonyl (C=O) groups is 1. The Morgan fingerprint density at radius 2 is 2.04 bits per heavy atom. The van der Waals surface area contributed by atoms with Crippen molar-refractivity contribution in [3.05, 3.63) is 54.1 Å². The Hall–Kier alpha value is -3.09. The summed E-state index contributed by atoms with van der Waals surface area (Å²) < 4.78 is 12.3. The van der Waals surface area contributed by atoms with E-state index in [-0.39, 0.29) is 5.76 Å². The first kappa shape index (κ1) is 14.8. The number of aromatic nitrogens is 3. The molecule has 1 N–H and O–H groups in total. The second kappa shape index (κ2) is 6.35. The quantitative estimate of drug-likeness (QED) is 0.752. The van der Waals surface area contributed by atoms with E-state index in [1.807, 2.05) is 31.2 Å². The fourth-order valence-corrected chi connectivity index (χ4v) is 2.21. The molecule has 118 valence electrons. The lowest BCUT2D eigenvalue weighted by Crippen LogP contribution is -2.03. The molecule has 3 aromatic rings. The summed E-state index contributed by atoms with van der Waals surface area (Å²) in [7, 11) is 0. The van der Waals surface area contributed by atoms with Gasteiger partial charge in [0.1, 0.15) is 18.1 Å². The fourth-order valence-electron chi connectivity index (χ4n) is 2.21. The second-order valence-electron chi connectivity index (χ2n) is 4.81. The maximum Gasteiger partial charge on any atom is 0.371 e. The van der Waals surface area contributed by atoms with Crippen LogP contribution in [-0.2, 0) is 6.54 Å². The first-order valence-electron chi connectivity index (χ1n) is 7.11. The largest absolute Gasteiger partial charge is 0.494 e. The molecule has 0 saturated carbocycles. The van der Waals surface area contributed by atoms with Crippen molar-refractivity contribution in [2.75, 3.05) is 6.61 Å². The zero-order valence-corrected chi connectivity index (χ0v) is 12.5. The normalized spacial score (nSPS) is 10.7. The number of aromatic carboxylic acids is 1. The van der Waals surface area contributed by atoms with E-state index in [1.165, 1.54) is 6.07 Å². The van der Waals surface area contributed by atoms with Gasteiger partial charge in [-0.05, 0) is 43.3 Å². The maximum absolute atomic E-state index is 10.8. The number of carboxylic acid groups (broad SMARTS) is 1. The summed E-state index contributed by atoms with van der Waals surface area (Å²) in [6.07, 6.45) is 1.65. The predicted molar refractivity (Wildman–Crippen MR) is 81.4 cm³/mol. The third-order valence-electron chi connectivity index (χ3n) is 3.26. The highest BCUT2D eigenvalue weighted by Gasteiger charge is 2.12. The van der Waals surface area contributed by atoms with Gasteiger partial charge in [-0.25, -0.2) is 9.48 Å². The Morgan fingerprint density at radius 1 is 1.26 bits per heavy atom. The third-order valence-corrected chi connectivity index (χ3v) is 3.26. The van der Waals surface area contributed by atoms with E-state index in [9.17, 15) is 4.79 Å². The van der Waals surface area contributed by atoms with Crippen molar-refractivity contribution in [2.45, 2.75) is 13.5 Å². The lowest BCUT2D eigenvalue weighted by Gasteiger charge is -2.06. The zero-order chi connectivity index (χ0) is 16.2. The minimum Gasteiger partial charge on any atom is -0.494 e. The SMILES string of the molecule is CCOc1ccc(-c2cnnn2Cc2ccc(C(=O)O)o2)cc1. The molecule has 2 aromatic heterocycles. The molecule has 7 heteroatoms. The lowest BCUT2D eigenvalue weighted by atomic mass is 10.1. The van der Waals surface area contributed by atoms with Crippen molar-refractivity contribution >= 4 is 5.97 Å². The highest BCUT2D eigenvalue weighted by Crippen LogP contribution is 2.22. The number of hydrogen-bond donors (Lipinski definition) is 1. The smallest absolute Gasteiger partial charge is 0.371 e. The number of nitrogens with zero attached hydrogens (tertiary/aromatic N) is 3. The average molecular weight is 313 g/mol. The van der Waals surface area contributed by atoms with Gasteiger partial charge in [-0.3, -0.25) is 0 Å². The van der Waals surface area contributed by atoms with Crippen molar-refractivity contribution in [1.29, 1.82) is 0 Å². The molecule has 23 heavy (non-hydrogen) atoms. The van der Waals surface area contributed by atoms with E-state index in [1.54, 1.807) is 16.9 Å². The Kier molecular flexibility index (Phi) is 4.09. The number of rotatable bonds is 6. The molecule has 7 nitrogen and oxygen atoms in total. The van der Waals surface area contributed by atoms with E-state index >= 15 is 0 Å². The molecule has 0 bridgehead atoms. The standard InChI is InChI=1S/C16H15N3O4/c1-2-22-12-5-3-11(4-6-12)14-9-17-18-19(14)10-13-7-8-15(23-13)16(20)21/h3-9H,2,10H2,1H3,(H,20,21). The molecular weight excluding hydrogens is 298 g/mol. The predicted octanol–water partition coefficient (Wildman–Crippen LogP) is 2.68.